The normalized spacial score (nSPS) is 10.9. The van der Waals surface area contributed by atoms with Crippen LogP contribution in [0.5, 0.6) is 5.75 Å². The van der Waals surface area contributed by atoms with Gasteiger partial charge in [0.25, 0.3) is 5.91 Å². The highest BCUT2D eigenvalue weighted by Gasteiger charge is 2.15. The summed E-state index contributed by atoms with van der Waals surface area (Å²) in [6.07, 6.45) is 6.59. The van der Waals surface area contributed by atoms with Gasteiger partial charge in [-0.2, -0.15) is 0 Å². The molecule has 1 amide bonds. The van der Waals surface area contributed by atoms with Gasteiger partial charge >= 0.3 is 0 Å². The van der Waals surface area contributed by atoms with Crippen LogP contribution in [0.2, 0.25) is 0 Å². The van der Waals surface area contributed by atoms with Gasteiger partial charge in [0.05, 0.1) is 15.3 Å². The zero-order chi connectivity index (χ0) is 20.4. The third-order valence-corrected chi connectivity index (χ3v) is 6.07. The quantitative estimate of drug-likeness (QED) is 0.292. The van der Waals surface area contributed by atoms with Crippen molar-refractivity contribution in [1.29, 1.82) is 0 Å². The third kappa shape index (κ3) is 7.41. The van der Waals surface area contributed by atoms with E-state index in [0.717, 1.165) is 41.3 Å². The molecule has 6 heteroatoms. The molecule has 1 heterocycles. The van der Waals surface area contributed by atoms with Crippen LogP contribution in [0.4, 0.5) is 5.69 Å². The van der Waals surface area contributed by atoms with Gasteiger partial charge in [-0.3, -0.25) is 4.79 Å². The molecular weight excluding hydrogens is 436 g/mol. The van der Waals surface area contributed by atoms with Gasteiger partial charge in [-0.15, -0.1) is 17.9 Å². The summed E-state index contributed by atoms with van der Waals surface area (Å²) in [6, 6.07) is 11.4. The topological polar surface area (TPSA) is 32.8 Å². The number of likely N-dealkylation sites (N-methyl/N-ethyl adjacent to an activating group) is 1. The van der Waals surface area contributed by atoms with Crippen molar-refractivity contribution in [1.82, 2.24) is 4.90 Å². The number of hydrogen-bond donors (Lipinski definition) is 0. The number of unbranched alkanes of at least 4 members (excludes halogenated alkanes) is 3. The molecule has 152 valence electrons. The molecule has 0 spiro atoms. The number of benzene rings is 1. The minimum atomic E-state index is -0.0110. The molecule has 1 aromatic carbocycles. The van der Waals surface area contributed by atoms with Crippen LogP contribution in [0.25, 0.3) is 0 Å². The molecule has 2 rings (SSSR count). The second kappa shape index (κ2) is 12.0. The van der Waals surface area contributed by atoms with Crippen LogP contribution >= 0.6 is 27.3 Å². The Hall–Kier alpha value is -1.63. The van der Waals surface area contributed by atoms with Crippen LogP contribution in [0.3, 0.4) is 0 Å². The molecule has 2 aromatic rings. The third-order valence-electron chi connectivity index (χ3n) is 4.46. The monoisotopic (exact) mass is 464 g/mol. The predicted octanol–water partition coefficient (Wildman–Crippen LogP) is 5.84. The van der Waals surface area contributed by atoms with Crippen molar-refractivity contribution in [2.24, 2.45) is 0 Å². The molecule has 0 bridgehead atoms. The number of carbonyl (C=O) groups excluding carboxylic acids is 1. The number of anilines is 1. The molecule has 4 nitrogen and oxygen atoms in total. The Morgan fingerprint density at radius 1 is 1.11 bits per heavy atom. The molecule has 0 N–H and O–H groups in total. The Balaban J connectivity index is 1.68. The van der Waals surface area contributed by atoms with E-state index in [-0.39, 0.29) is 5.91 Å². The smallest absolute Gasteiger partial charge is 0.268 e. The second-order valence-corrected chi connectivity index (χ2v) is 9.24. The van der Waals surface area contributed by atoms with E-state index >= 15 is 0 Å². The lowest BCUT2D eigenvalue weighted by Crippen LogP contribution is -2.25. The molecule has 0 fully saturated rings. The number of hydrogen-bond acceptors (Lipinski definition) is 4. The number of thiophene rings is 1. The summed E-state index contributed by atoms with van der Waals surface area (Å²) in [4.78, 5) is 17.1. The van der Waals surface area contributed by atoms with Crippen LogP contribution in [-0.2, 0) is 0 Å². The van der Waals surface area contributed by atoms with Crippen LogP contribution < -0.4 is 9.64 Å². The standard InChI is InChI=1S/C22H29BrN2O2S/c1-4-15-24(2)16-7-5-6-8-17-27-19-11-9-18(10-12-19)25(3)22(26)20-13-14-21(23)28-20/h4,9-14H,1,5-8,15-17H2,2-3H3. The molecular formula is C22H29BrN2O2S. The number of carbonyl (C=O) groups is 1. The van der Waals surface area contributed by atoms with Crippen molar-refractivity contribution in [2.75, 3.05) is 38.7 Å². The van der Waals surface area contributed by atoms with Gasteiger partial charge in [0, 0.05) is 19.3 Å². The van der Waals surface area contributed by atoms with Gasteiger partial charge in [0.1, 0.15) is 5.75 Å². The van der Waals surface area contributed by atoms with Crippen molar-refractivity contribution in [3.63, 3.8) is 0 Å². The van der Waals surface area contributed by atoms with Gasteiger partial charge in [0.2, 0.25) is 0 Å². The Bertz CT molecular complexity index is 745. The van der Waals surface area contributed by atoms with Gasteiger partial charge in [0.15, 0.2) is 0 Å². The lowest BCUT2D eigenvalue weighted by atomic mass is 10.2. The van der Waals surface area contributed by atoms with Crippen LogP contribution in [0.1, 0.15) is 35.4 Å². The first-order chi connectivity index (χ1) is 13.5. The van der Waals surface area contributed by atoms with E-state index in [0.29, 0.717) is 4.88 Å². The Morgan fingerprint density at radius 2 is 1.82 bits per heavy atom. The molecule has 1 aromatic heterocycles. The van der Waals surface area contributed by atoms with Crippen molar-refractivity contribution >= 4 is 38.9 Å². The summed E-state index contributed by atoms with van der Waals surface area (Å²) in [6.45, 7) is 6.54. The van der Waals surface area contributed by atoms with Crippen LogP contribution in [0.15, 0.2) is 52.8 Å². The van der Waals surface area contributed by atoms with Crippen molar-refractivity contribution in [3.05, 3.63) is 57.7 Å². The maximum atomic E-state index is 12.5. The first-order valence-electron chi connectivity index (χ1n) is 9.57. The lowest BCUT2D eigenvalue weighted by Gasteiger charge is -2.17. The van der Waals surface area contributed by atoms with E-state index in [1.165, 1.54) is 30.6 Å². The predicted molar refractivity (Wildman–Crippen MR) is 123 cm³/mol. The lowest BCUT2D eigenvalue weighted by molar-refractivity contribution is 0.0997. The zero-order valence-corrected chi connectivity index (χ0v) is 19.1. The van der Waals surface area contributed by atoms with Crippen LogP contribution in [-0.4, -0.2) is 44.6 Å². The number of ether oxygens (including phenoxy) is 1. The minimum absolute atomic E-state index is 0.0110. The van der Waals surface area contributed by atoms with E-state index in [9.17, 15) is 4.79 Å². The largest absolute Gasteiger partial charge is 0.494 e. The maximum absolute atomic E-state index is 12.5. The summed E-state index contributed by atoms with van der Waals surface area (Å²) in [7, 11) is 3.91. The molecule has 0 saturated carbocycles. The van der Waals surface area contributed by atoms with E-state index in [4.69, 9.17) is 4.74 Å². The highest BCUT2D eigenvalue weighted by atomic mass is 79.9. The van der Waals surface area contributed by atoms with Crippen LogP contribution in [0, 0.1) is 0 Å². The van der Waals surface area contributed by atoms with Gasteiger partial charge in [-0.1, -0.05) is 18.9 Å². The number of nitrogens with zero attached hydrogens (tertiary/aromatic N) is 2. The first kappa shape index (κ1) is 22.7. The fourth-order valence-electron chi connectivity index (χ4n) is 2.82. The molecule has 0 radical (unpaired) electrons. The fourth-order valence-corrected chi connectivity index (χ4v) is 4.18. The Morgan fingerprint density at radius 3 is 2.46 bits per heavy atom. The van der Waals surface area contributed by atoms with Crippen molar-refractivity contribution in [2.45, 2.75) is 25.7 Å². The average molecular weight is 465 g/mol. The second-order valence-electron chi connectivity index (χ2n) is 6.78. The number of rotatable bonds is 12. The van der Waals surface area contributed by atoms with Gasteiger partial charge in [-0.05, 0) is 78.8 Å². The van der Waals surface area contributed by atoms with Crippen molar-refractivity contribution < 1.29 is 9.53 Å². The summed E-state index contributed by atoms with van der Waals surface area (Å²) < 4.78 is 6.78. The highest BCUT2D eigenvalue weighted by Crippen LogP contribution is 2.26. The van der Waals surface area contributed by atoms with E-state index in [1.54, 1.807) is 11.9 Å². The molecule has 0 aliphatic heterocycles. The molecule has 0 unspecified atom stereocenters. The van der Waals surface area contributed by atoms with Gasteiger partial charge in [-0.25, -0.2) is 0 Å². The van der Waals surface area contributed by atoms with Crippen molar-refractivity contribution in [3.8, 4) is 5.75 Å². The average Bonchev–Trinajstić information content (AvgIpc) is 3.13. The maximum Gasteiger partial charge on any atom is 0.268 e. The first-order valence-corrected chi connectivity index (χ1v) is 11.2. The summed E-state index contributed by atoms with van der Waals surface area (Å²) in [5, 5.41) is 0. The van der Waals surface area contributed by atoms with E-state index < -0.39 is 0 Å². The number of halogens is 1. The molecule has 0 aliphatic carbocycles. The minimum Gasteiger partial charge on any atom is -0.494 e. The van der Waals surface area contributed by atoms with E-state index in [2.05, 4.69) is 34.5 Å². The Kier molecular flexibility index (Phi) is 9.75. The molecule has 0 aliphatic rings. The number of amides is 1. The summed E-state index contributed by atoms with van der Waals surface area (Å²) >= 11 is 4.84. The summed E-state index contributed by atoms with van der Waals surface area (Å²) in [5.74, 6) is 0.831. The highest BCUT2D eigenvalue weighted by molar-refractivity contribution is 9.11. The Labute approximate surface area is 180 Å². The van der Waals surface area contributed by atoms with Gasteiger partial charge < -0.3 is 14.5 Å². The molecule has 28 heavy (non-hydrogen) atoms. The molecule has 0 saturated heterocycles. The molecule has 0 atom stereocenters. The summed E-state index contributed by atoms with van der Waals surface area (Å²) in [5.41, 5.74) is 0.852. The van der Waals surface area contributed by atoms with E-state index in [1.807, 2.05) is 42.5 Å². The SMILES string of the molecule is C=CCN(C)CCCCCCOc1ccc(N(C)C(=O)c2ccc(Br)s2)cc1. The zero-order valence-electron chi connectivity index (χ0n) is 16.7. The fraction of sp³-hybridized carbons (Fsp3) is 0.409.